The third-order valence-corrected chi connectivity index (χ3v) is 4.83. The number of ether oxygens (including phenoxy) is 1. The van der Waals surface area contributed by atoms with Gasteiger partial charge in [-0.15, -0.1) is 0 Å². The predicted molar refractivity (Wildman–Crippen MR) is 120 cm³/mol. The predicted octanol–water partition coefficient (Wildman–Crippen LogP) is 3.89. The molecule has 0 aliphatic carbocycles. The molecule has 0 saturated heterocycles. The van der Waals surface area contributed by atoms with Gasteiger partial charge in [0.1, 0.15) is 0 Å². The van der Waals surface area contributed by atoms with Crippen LogP contribution in [0.25, 0.3) is 0 Å². The van der Waals surface area contributed by atoms with Crippen molar-refractivity contribution < 1.29 is 23.5 Å². The van der Waals surface area contributed by atoms with Crippen LogP contribution in [0.4, 0.5) is 5.69 Å². The first-order valence-electron chi connectivity index (χ1n) is 9.98. The Morgan fingerprint density at radius 3 is 2.55 bits per heavy atom. The maximum Gasteiger partial charge on any atom is 0.333 e. The van der Waals surface area contributed by atoms with Crippen molar-refractivity contribution in [2.24, 2.45) is 0 Å². The molecule has 1 unspecified atom stereocenters. The third kappa shape index (κ3) is 6.45. The van der Waals surface area contributed by atoms with Crippen molar-refractivity contribution in [3.05, 3.63) is 89.3 Å². The lowest BCUT2D eigenvalue weighted by atomic mass is 10.1. The zero-order valence-corrected chi connectivity index (χ0v) is 18.2. The fraction of sp³-hybridized carbons (Fsp3) is 0.167. The number of furan rings is 1. The number of carbonyl (C=O) groups is 3. The third-order valence-electron chi connectivity index (χ3n) is 4.60. The molecule has 0 aliphatic rings. The molecule has 8 nitrogen and oxygen atoms in total. The van der Waals surface area contributed by atoms with Gasteiger partial charge in [-0.3, -0.25) is 9.59 Å². The van der Waals surface area contributed by atoms with Crippen LogP contribution in [0.5, 0.6) is 0 Å². The Balaban J connectivity index is 1.73. The summed E-state index contributed by atoms with van der Waals surface area (Å²) in [5.41, 5.74) is 0.954. The van der Waals surface area contributed by atoms with Crippen molar-refractivity contribution in [2.45, 2.75) is 12.5 Å². The first kappa shape index (κ1) is 23.6. The molecule has 0 fully saturated rings. The van der Waals surface area contributed by atoms with Gasteiger partial charge in [0.15, 0.2) is 18.4 Å². The van der Waals surface area contributed by atoms with Gasteiger partial charge < -0.3 is 19.4 Å². The summed E-state index contributed by atoms with van der Waals surface area (Å²) in [5, 5.41) is 11.9. The Kier molecular flexibility index (Phi) is 8.22. The highest BCUT2D eigenvalue weighted by Gasteiger charge is 2.27. The summed E-state index contributed by atoms with van der Waals surface area (Å²) < 4.78 is 10.3. The van der Waals surface area contributed by atoms with Gasteiger partial charge in [0.25, 0.3) is 11.8 Å². The second-order valence-electron chi connectivity index (χ2n) is 6.84. The van der Waals surface area contributed by atoms with Crippen molar-refractivity contribution >= 4 is 35.1 Å². The number of esters is 1. The van der Waals surface area contributed by atoms with Crippen LogP contribution in [0.15, 0.2) is 77.4 Å². The molecule has 0 spiro atoms. The summed E-state index contributed by atoms with van der Waals surface area (Å²) >= 11 is 6.02. The Morgan fingerprint density at radius 2 is 1.88 bits per heavy atom. The molecular formula is C24H20ClN3O5. The Morgan fingerprint density at radius 1 is 1.09 bits per heavy atom. The average molecular weight is 466 g/mol. The Labute approximate surface area is 195 Å². The number of hydrogen-bond donors (Lipinski definition) is 1. The van der Waals surface area contributed by atoms with Gasteiger partial charge >= 0.3 is 5.97 Å². The van der Waals surface area contributed by atoms with Gasteiger partial charge in [-0.1, -0.05) is 48.0 Å². The van der Waals surface area contributed by atoms with Crippen LogP contribution >= 0.6 is 11.6 Å². The largest absolute Gasteiger partial charge is 0.459 e. The van der Waals surface area contributed by atoms with E-state index in [9.17, 15) is 14.4 Å². The molecule has 1 N–H and O–H groups in total. The van der Waals surface area contributed by atoms with Crippen LogP contribution in [0.2, 0.25) is 5.02 Å². The first-order valence-corrected chi connectivity index (χ1v) is 10.4. The number of hydrogen-bond acceptors (Lipinski definition) is 6. The number of nitriles is 1. The van der Waals surface area contributed by atoms with E-state index in [0.717, 1.165) is 0 Å². The van der Waals surface area contributed by atoms with E-state index in [0.29, 0.717) is 16.3 Å². The highest BCUT2D eigenvalue weighted by molar-refractivity contribution is 6.30. The van der Waals surface area contributed by atoms with Crippen LogP contribution in [0.1, 0.15) is 28.6 Å². The fourth-order valence-corrected chi connectivity index (χ4v) is 3.22. The standard InChI is InChI=1S/C24H20ClN3O5/c25-18-9-4-10-19(15-18)28(13-6-12-26)21(29)16-33-24(31)22(17-7-2-1-3-8-17)27-23(30)20-11-5-14-32-20/h1-5,7-11,14-15,22H,6,13,16H2,(H,27,30). The van der Waals surface area contributed by atoms with E-state index < -0.39 is 30.4 Å². The number of amides is 2. The van der Waals surface area contributed by atoms with Crippen LogP contribution < -0.4 is 10.2 Å². The summed E-state index contributed by atoms with van der Waals surface area (Å²) in [6, 6.07) is 18.9. The number of nitrogens with one attached hydrogen (secondary N) is 1. The summed E-state index contributed by atoms with van der Waals surface area (Å²) in [6.07, 6.45) is 1.42. The van der Waals surface area contributed by atoms with Gasteiger partial charge in [-0.05, 0) is 35.9 Å². The van der Waals surface area contributed by atoms with Crippen molar-refractivity contribution in [1.29, 1.82) is 5.26 Å². The molecule has 0 aliphatic heterocycles. The molecule has 9 heteroatoms. The lowest BCUT2D eigenvalue weighted by Crippen LogP contribution is -2.39. The number of halogens is 1. The first-order chi connectivity index (χ1) is 16.0. The molecule has 33 heavy (non-hydrogen) atoms. The molecular weight excluding hydrogens is 446 g/mol. The summed E-state index contributed by atoms with van der Waals surface area (Å²) in [7, 11) is 0. The molecule has 0 radical (unpaired) electrons. The second-order valence-corrected chi connectivity index (χ2v) is 7.27. The number of anilines is 1. The Hall–Kier alpha value is -4.09. The quantitative estimate of drug-likeness (QED) is 0.479. The molecule has 2 aromatic carbocycles. The lowest BCUT2D eigenvalue weighted by Gasteiger charge is -2.23. The normalized spacial score (nSPS) is 11.2. The zero-order chi connectivity index (χ0) is 23.6. The number of carbonyl (C=O) groups excluding carboxylic acids is 3. The monoisotopic (exact) mass is 465 g/mol. The molecule has 3 rings (SSSR count). The molecule has 1 aromatic heterocycles. The van der Waals surface area contributed by atoms with E-state index in [-0.39, 0.29) is 18.7 Å². The molecule has 1 heterocycles. The summed E-state index contributed by atoms with van der Waals surface area (Å²) in [5.74, 6) is -1.93. The van der Waals surface area contributed by atoms with Crippen LogP contribution in [0, 0.1) is 11.3 Å². The molecule has 168 valence electrons. The van der Waals surface area contributed by atoms with Gasteiger partial charge in [0.2, 0.25) is 0 Å². The van der Waals surface area contributed by atoms with Crippen molar-refractivity contribution in [3.8, 4) is 6.07 Å². The number of rotatable bonds is 9. The fourth-order valence-electron chi connectivity index (χ4n) is 3.03. The van der Waals surface area contributed by atoms with Crippen LogP contribution in [-0.2, 0) is 14.3 Å². The van der Waals surface area contributed by atoms with Gasteiger partial charge in [0, 0.05) is 17.3 Å². The number of nitrogens with zero attached hydrogens (tertiary/aromatic N) is 2. The van der Waals surface area contributed by atoms with Crippen molar-refractivity contribution in [3.63, 3.8) is 0 Å². The van der Waals surface area contributed by atoms with E-state index in [1.807, 2.05) is 6.07 Å². The highest BCUT2D eigenvalue weighted by Crippen LogP contribution is 2.21. The van der Waals surface area contributed by atoms with E-state index in [2.05, 4.69) is 5.32 Å². The van der Waals surface area contributed by atoms with Gasteiger partial charge in [0.05, 0.1) is 18.8 Å². The molecule has 3 aromatic rings. The molecule has 0 bridgehead atoms. The maximum absolute atomic E-state index is 12.9. The minimum absolute atomic E-state index is 0.0310. The summed E-state index contributed by atoms with van der Waals surface area (Å²) in [4.78, 5) is 39.5. The van der Waals surface area contributed by atoms with Gasteiger partial charge in [-0.2, -0.15) is 5.26 Å². The highest BCUT2D eigenvalue weighted by atomic mass is 35.5. The molecule has 2 amide bonds. The van der Waals surface area contributed by atoms with E-state index in [1.54, 1.807) is 60.7 Å². The number of benzene rings is 2. The lowest BCUT2D eigenvalue weighted by molar-refractivity contribution is -0.150. The average Bonchev–Trinajstić information content (AvgIpc) is 3.37. The Bertz CT molecular complexity index is 1140. The van der Waals surface area contributed by atoms with E-state index in [4.69, 9.17) is 26.0 Å². The van der Waals surface area contributed by atoms with E-state index >= 15 is 0 Å². The second kappa shape index (κ2) is 11.5. The molecule has 1 atom stereocenters. The SMILES string of the molecule is N#CCCN(C(=O)COC(=O)C(NC(=O)c1ccco1)c1ccccc1)c1cccc(Cl)c1. The smallest absolute Gasteiger partial charge is 0.333 e. The topological polar surface area (TPSA) is 113 Å². The maximum atomic E-state index is 12.9. The van der Waals surface area contributed by atoms with E-state index in [1.165, 1.54) is 17.2 Å². The van der Waals surface area contributed by atoms with Crippen LogP contribution in [0.3, 0.4) is 0 Å². The summed E-state index contributed by atoms with van der Waals surface area (Å²) in [6.45, 7) is -0.485. The van der Waals surface area contributed by atoms with Crippen molar-refractivity contribution in [2.75, 3.05) is 18.1 Å². The minimum Gasteiger partial charge on any atom is -0.459 e. The molecule has 0 saturated carbocycles. The van der Waals surface area contributed by atoms with Gasteiger partial charge in [-0.25, -0.2) is 4.79 Å². The van der Waals surface area contributed by atoms with Crippen molar-refractivity contribution in [1.82, 2.24) is 5.32 Å². The zero-order valence-electron chi connectivity index (χ0n) is 17.4. The minimum atomic E-state index is -1.16. The van der Waals surface area contributed by atoms with Crippen LogP contribution in [-0.4, -0.2) is 30.9 Å².